The third kappa shape index (κ3) is 10.5. The lowest BCUT2D eigenvalue weighted by molar-refractivity contribution is -0.117. The molecule has 1 saturated heterocycles. The summed E-state index contributed by atoms with van der Waals surface area (Å²) in [5.41, 5.74) is 7.12. The molecule has 1 aromatic rings. The molecule has 154 valence electrons. The van der Waals surface area contributed by atoms with E-state index < -0.39 is 0 Å². The van der Waals surface area contributed by atoms with Crippen LogP contribution < -0.4 is 16.4 Å². The molecule has 1 fully saturated rings. The maximum atomic E-state index is 12.2. The van der Waals surface area contributed by atoms with E-state index in [4.69, 9.17) is 5.73 Å². The number of likely N-dealkylation sites (tertiary alicyclic amines) is 1. The number of halogens is 2. The minimum absolute atomic E-state index is 0. The first kappa shape index (κ1) is 25.7. The van der Waals surface area contributed by atoms with Crippen LogP contribution in [-0.2, 0) is 9.59 Å². The van der Waals surface area contributed by atoms with Gasteiger partial charge in [-0.05, 0) is 63.5 Å². The van der Waals surface area contributed by atoms with Gasteiger partial charge in [-0.15, -0.1) is 24.8 Å². The van der Waals surface area contributed by atoms with Crippen molar-refractivity contribution in [3.63, 3.8) is 0 Å². The molecule has 0 radical (unpaired) electrons. The quantitative estimate of drug-likeness (QED) is 0.632. The first-order valence-electron chi connectivity index (χ1n) is 9.20. The van der Waals surface area contributed by atoms with Gasteiger partial charge in [-0.25, -0.2) is 0 Å². The van der Waals surface area contributed by atoms with Crippen molar-refractivity contribution in [3.8, 4) is 0 Å². The molecule has 27 heavy (non-hydrogen) atoms. The van der Waals surface area contributed by atoms with Crippen LogP contribution in [0.3, 0.4) is 0 Å². The number of benzene rings is 1. The van der Waals surface area contributed by atoms with Crippen LogP contribution in [0.15, 0.2) is 24.3 Å². The molecule has 0 saturated carbocycles. The zero-order valence-electron chi connectivity index (χ0n) is 15.9. The number of nitrogens with zero attached hydrogens (tertiary/aromatic N) is 1. The molecule has 0 aliphatic carbocycles. The monoisotopic (exact) mass is 418 g/mol. The largest absolute Gasteiger partial charge is 0.328 e. The molecule has 2 amide bonds. The van der Waals surface area contributed by atoms with Gasteiger partial charge in [0.2, 0.25) is 11.8 Å². The first-order valence-corrected chi connectivity index (χ1v) is 9.20. The SMILES string of the molecule is CC(N)CCC(=O)Nc1ccc(NC(=O)CN2CCCCCC2)cc1.Cl.Cl. The van der Waals surface area contributed by atoms with Crippen molar-refractivity contribution in [1.29, 1.82) is 0 Å². The number of hydrogen-bond donors (Lipinski definition) is 3. The second-order valence-electron chi connectivity index (χ2n) is 6.88. The number of hydrogen-bond acceptors (Lipinski definition) is 4. The Bertz CT molecular complexity index is 559. The van der Waals surface area contributed by atoms with Gasteiger partial charge in [0.05, 0.1) is 6.54 Å². The lowest BCUT2D eigenvalue weighted by Crippen LogP contribution is -2.33. The highest BCUT2D eigenvalue weighted by Gasteiger charge is 2.13. The Hall–Kier alpha value is -1.34. The minimum atomic E-state index is -0.0461. The maximum Gasteiger partial charge on any atom is 0.238 e. The summed E-state index contributed by atoms with van der Waals surface area (Å²) in [5, 5.41) is 5.76. The number of rotatable bonds is 7. The number of anilines is 2. The molecule has 0 aromatic heterocycles. The number of carbonyl (C=O) groups excluding carboxylic acids is 2. The summed E-state index contributed by atoms with van der Waals surface area (Å²) in [6, 6.07) is 7.23. The molecule has 1 aliphatic rings. The van der Waals surface area contributed by atoms with Gasteiger partial charge < -0.3 is 16.4 Å². The minimum Gasteiger partial charge on any atom is -0.328 e. The van der Waals surface area contributed by atoms with Crippen molar-refractivity contribution >= 4 is 48.0 Å². The highest BCUT2D eigenvalue weighted by molar-refractivity contribution is 5.93. The highest BCUT2D eigenvalue weighted by Crippen LogP contribution is 2.15. The fourth-order valence-corrected chi connectivity index (χ4v) is 2.92. The van der Waals surface area contributed by atoms with E-state index >= 15 is 0 Å². The zero-order valence-corrected chi connectivity index (χ0v) is 17.5. The molecule has 1 aliphatic heterocycles. The lowest BCUT2D eigenvalue weighted by Gasteiger charge is -2.19. The zero-order chi connectivity index (χ0) is 18.1. The second-order valence-corrected chi connectivity index (χ2v) is 6.88. The Morgan fingerprint density at radius 1 is 0.963 bits per heavy atom. The molecule has 1 aromatic carbocycles. The van der Waals surface area contributed by atoms with Gasteiger partial charge in [-0.2, -0.15) is 0 Å². The van der Waals surface area contributed by atoms with Gasteiger partial charge in [0.1, 0.15) is 0 Å². The molecular weight excluding hydrogens is 387 g/mol. The number of amides is 2. The lowest BCUT2D eigenvalue weighted by atomic mass is 10.2. The van der Waals surface area contributed by atoms with E-state index in [0.29, 0.717) is 19.4 Å². The van der Waals surface area contributed by atoms with Crippen molar-refractivity contribution in [2.45, 2.75) is 51.5 Å². The van der Waals surface area contributed by atoms with Crippen LogP contribution in [0, 0.1) is 0 Å². The summed E-state index contributed by atoms with van der Waals surface area (Å²) < 4.78 is 0. The third-order valence-electron chi connectivity index (χ3n) is 4.35. The van der Waals surface area contributed by atoms with E-state index in [1.165, 1.54) is 25.7 Å². The van der Waals surface area contributed by atoms with Gasteiger partial charge in [-0.1, -0.05) is 12.8 Å². The molecule has 2 rings (SSSR count). The van der Waals surface area contributed by atoms with E-state index in [2.05, 4.69) is 15.5 Å². The topological polar surface area (TPSA) is 87.5 Å². The van der Waals surface area contributed by atoms with Crippen LogP contribution in [0.1, 0.15) is 45.4 Å². The number of carbonyl (C=O) groups is 2. The van der Waals surface area contributed by atoms with E-state index in [9.17, 15) is 9.59 Å². The van der Waals surface area contributed by atoms with Crippen LogP contribution in [0.4, 0.5) is 11.4 Å². The molecule has 6 nitrogen and oxygen atoms in total. The second kappa shape index (κ2) is 13.8. The van der Waals surface area contributed by atoms with E-state index in [1.54, 1.807) is 12.1 Å². The molecular formula is C19H32Cl2N4O2. The van der Waals surface area contributed by atoms with E-state index in [1.807, 2.05) is 19.1 Å². The Morgan fingerprint density at radius 3 is 1.93 bits per heavy atom. The number of nitrogens with one attached hydrogen (secondary N) is 2. The molecule has 0 bridgehead atoms. The molecule has 1 heterocycles. The number of nitrogens with two attached hydrogens (primary N) is 1. The van der Waals surface area contributed by atoms with Crippen molar-refractivity contribution in [2.75, 3.05) is 30.3 Å². The van der Waals surface area contributed by atoms with Gasteiger partial charge in [-0.3, -0.25) is 14.5 Å². The Kier molecular flexibility index (Phi) is 13.1. The van der Waals surface area contributed by atoms with Crippen molar-refractivity contribution in [2.24, 2.45) is 5.73 Å². The third-order valence-corrected chi connectivity index (χ3v) is 4.35. The van der Waals surface area contributed by atoms with Crippen LogP contribution >= 0.6 is 24.8 Å². The fraction of sp³-hybridized carbons (Fsp3) is 0.579. The normalized spacial score (nSPS) is 15.5. The summed E-state index contributed by atoms with van der Waals surface area (Å²) in [5.74, 6) is -0.0362. The summed E-state index contributed by atoms with van der Waals surface area (Å²) >= 11 is 0. The summed E-state index contributed by atoms with van der Waals surface area (Å²) in [4.78, 5) is 26.2. The Balaban J connectivity index is 0.00000338. The van der Waals surface area contributed by atoms with Gasteiger partial charge >= 0.3 is 0 Å². The van der Waals surface area contributed by atoms with Crippen molar-refractivity contribution in [1.82, 2.24) is 4.90 Å². The Morgan fingerprint density at radius 2 is 1.44 bits per heavy atom. The predicted molar refractivity (Wildman–Crippen MR) is 116 cm³/mol. The fourth-order valence-electron chi connectivity index (χ4n) is 2.92. The standard InChI is InChI=1S/C19H30N4O2.2ClH/c1-15(20)6-11-18(24)21-16-7-9-17(10-8-16)22-19(25)14-23-12-4-2-3-5-13-23;;/h7-10,15H,2-6,11-14,20H2,1H3,(H,21,24)(H,22,25);2*1H. The van der Waals surface area contributed by atoms with E-state index in [0.717, 1.165) is 24.5 Å². The summed E-state index contributed by atoms with van der Waals surface area (Å²) in [6.45, 7) is 4.33. The molecule has 1 atom stereocenters. The summed E-state index contributed by atoms with van der Waals surface area (Å²) in [7, 11) is 0. The van der Waals surface area contributed by atoms with Crippen molar-refractivity contribution < 1.29 is 9.59 Å². The average Bonchev–Trinajstić information content (AvgIpc) is 2.83. The van der Waals surface area contributed by atoms with Crippen LogP contribution in [0.2, 0.25) is 0 Å². The average molecular weight is 419 g/mol. The van der Waals surface area contributed by atoms with Gasteiger partial charge in [0, 0.05) is 23.8 Å². The first-order chi connectivity index (χ1) is 12.0. The van der Waals surface area contributed by atoms with Crippen LogP contribution in [-0.4, -0.2) is 42.4 Å². The molecule has 0 spiro atoms. The van der Waals surface area contributed by atoms with Crippen molar-refractivity contribution in [3.05, 3.63) is 24.3 Å². The predicted octanol–water partition coefficient (Wildman–Crippen LogP) is 3.41. The van der Waals surface area contributed by atoms with E-state index in [-0.39, 0.29) is 42.7 Å². The van der Waals surface area contributed by atoms with Gasteiger partial charge in [0.15, 0.2) is 0 Å². The highest BCUT2D eigenvalue weighted by atomic mass is 35.5. The Labute approximate surface area is 174 Å². The van der Waals surface area contributed by atoms with Crippen LogP contribution in [0.25, 0.3) is 0 Å². The van der Waals surface area contributed by atoms with Gasteiger partial charge in [0.25, 0.3) is 0 Å². The smallest absolute Gasteiger partial charge is 0.238 e. The summed E-state index contributed by atoms with van der Waals surface area (Å²) in [6.07, 6.45) is 5.93. The maximum absolute atomic E-state index is 12.2. The molecule has 8 heteroatoms. The molecule has 4 N–H and O–H groups in total. The van der Waals surface area contributed by atoms with Crippen LogP contribution in [0.5, 0.6) is 0 Å². The molecule has 1 unspecified atom stereocenters.